The molecule has 0 bridgehead atoms. The molecule has 3 heterocycles. The quantitative estimate of drug-likeness (QED) is 0.575. The molecular formula is C11H8N4O. The van der Waals surface area contributed by atoms with Gasteiger partial charge in [-0.2, -0.15) is 5.10 Å². The molecule has 0 aromatic carbocycles. The Labute approximate surface area is 90.6 Å². The molecule has 1 aliphatic heterocycles. The number of hydrogen-bond donors (Lipinski definition) is 2. The lowest BCUT2D eigenvalue weighted by Gasteiger charge is -2.18. The van der Waals surface area contributed by atoms with E-state index < -0.39 is 0 Å². The summed E-state index contributed by atoms with van der Waals surface area (Å²) < 4.78 is 0. The second kappa shape index (κ2) is 2.49. The predicted molar refractivity (Wildman–Crippen MR) is 57.0 cm³/mol. The number of H-pyrrole nitrogens is 2. The highest BCUT2D eigenvalue weighted by molar-refractivity contribution is 6.29. The number of fused-ring (bicyclic) bond motifs is 2. The van der Waals surface area contributed by atoms with Crippen LogP contribution < -0.4 is 0 Å². The molecule has 16 heavy (non-hydrogen) atoms. The molecule has 2 aromatic rings. The number of carbonyl (C=O) groups excluding carboxylic acids is 1. The molecule has 0 radical (unpaired) electrons. The monoisotopic (exact) mass is 212 g/mol. The third kappa shape index (κ3) is 0.756. The van der Waals surface area contributed by atoms with E-state index in [0.29, 0.717) is 11.4 Å². The lowest BCUT2D eigenvalue weighted by atomic mass is 9.88. The zero-order chi connectivity index (χ0) is 10.7. The molecule has 78 valence electrons. The summed E-state index contributed by atoms with van der Waals surface area (Å²) in [5.41, 5.74) is 5.08. The fourth-order valence-corrected chi connectivity index (χ4v) is 2.46. The van der Waals surface area contributed by atoms with E-state index in [1.807, 2.05) is 6.20 Å². The van der Waals surface area contributed by atoms with Crippen molar-refractivity contribution in [2.45, 2.75) is 6.42 Å². The van der Waals surface area contributed by atoms with Gasteiger partial charge in [-0.1, -0.05) is 0 Å². The first-order valence-electron chi connectivity index (χ1n) is 5.20. The summed E-state index contributed by atoms with van der Waals surface area (Å²) in [5, 5.41) is 6.67. The van der Waals surface area contributed by atoms with Gasteiger partial charge in [-0.3, -0.25) is 14.9 Å². The Hall–Kier alpha value is -2.17. The minimum atomic E-state index is -0.0189. The number of aromatic amines is 2. The summed E-state index contributed by atoms with van der Waals surface area (Å²) in [6.07, 6.45) is 4.49. The Kier molecular flexibility index (Phi) is 1.25. The standard InChI is InChI=1S/C11H8N4O/c16-11-9-6(4-14-15-9)8-7-5(1-2-12-8)3-13-10(7)11/h3-4,13H,1-2H2,(H,14,15). The Morgan fingerprint density at radius 1 is 1.31 bits per heavy atom. The second-order valence-electron chi connectivity index (χ2n) is 4.03. The highest BCUT2D eigenvalue weighted by atomic mass is 16.1. The smallest absolute Gasteiger partial charge is 0.228 e. The average molecular weight is 212 g/mol. The lowest BCUT2D eigenvalue weighted by Crippen LogP contribution is -2.23. The lowest BCUT2D eigenvalue weighted by molar-refractivity contribution is 0.102. The molecule has 0 amide bonds. The Balaban J connectivity index is 2.14. The molecule has 2 N–H and O–H groups in total. The average Bonchev–Trinajstić information content (AvgIpc) is 2.93. The van der Waals surface area contributed by atoms with E-state index in [-0.39, 0.29) is 5.78 Å². The number of nitrogens with one attached hydrogen (secondary N) is 2. The Bertz CT molecular complexity index is 647. The van der Waals surface area contributed by atoms with Gasteiger partial charge in [0.25, 0.3) is 0 Å². The number of hydrogen-bond acceptors (Lipinski definition) is 3. The van der Waals surface area contributed by atoms with Crippen LogP contribution in [0.3, 0.4) is 0 Å². The zero-order valence-corrected chi connectivity index (χ0v) is 8.37. The van der Waals surface area contributed by atoms with Crippen LogP contribution in [-0.2, 0) is 6.42 Å². The number of ketones is 1. The third-order valence-electron chi connectivity index (χ3n) is 3.20. The Morgan fingerprint density at radius 3 is 3.19 bits per heavy atom. The van der Waals surface area contributed by atoms with Gasteiger partial charge in [0, 0.05) is 23.9 Å². The molecule has 0 saturated heterocycles. The van der Waals surface area contributed by atoms with E-state index in [1.54, 1.807) is 6.20 Å². The van der Waals surface area contributed by atoms with Crippen molar-refractivity contribution in [1.82, 2.24) is 15.2 Å². The molecule has 2 aromatic heterocycles. The van der Waals surface area contributed by atoms with E-state index in [4.69, 9.17) is 0 Å². The molecule has 4 rings (SSSR count). The minimum absolute atomic E-state index is 0.0189. The van der Waals surface area contributed by atoms with Gasteiger partial charge in [0.15, 0.2) is 0 Å². The van der Waals surface area contributed by atoms with Gasteiger partial charge in [-0.05, 0) is 12.0 Å². The van der Waals surface area contributed by atoms with Crippen molar-refractivity contribution in [3.8, 4) is 0 Å². The number of carbonyl (C=O) groups is 1. The van der Waals surface area contributed by atoms with Gasteiger partial charge in [-0.25, -0.2) is 0 Å². The van der Waals surface area contributed by atoms with E-state index in [1.165, 1.54) is 5.56 Å². The van der Waals surface area contributed by atoms with Gasteiger partial charge in [-0.15, -0.1) is 0 Å². The maximum atomic E-state index is 12.1. The fraction of sp³-hybridized carbons (Fsp3) is 0.182. The van der Waals surface area contributed by atoms with Gasteiger partial charge in [0.1, 0.15) is 5.69 Å². The molecule has 0 unspecified atom stereocenters. The molecule has 1 aliphatic carbocycles. The van der Waals surface area contributed by atoms with Crippen molar-refractivity contribution in [3.63, 3.8) is 0 Å². The van der Waals surface area contributed by atoms with E-state index in [2.05, 4.69) is 20.2 Å². The van der Waals surface area contributed by atoms with Crippen LogP contribution in [0.15, 0.2) is 17.4 Å². The summed E-state index contributed by atoms with van der Waals surface area (Å²) in [7, 11) is 0. The number of rotatable bonds is 0. The molecule has 5 nitrogen and oxygen atoms in total. The Morgan fingerprint density at radius 2 is 2.25 bits per heavy atom. The van der Waals surface area contributed by atoms with Crippen LogP contribution in [0.2, 0.25) is 0 Å². The molecule has 0 fully saturated rings. The maximum absolute atomic E-state index is 12.1. The van der Waals surface area contributed by atoms with Crippen molar-refractivity contribution >= 4 is 11.5 Å². The van der Waals surface area contributed by atoms with Crippen molar-refractivity contribution in [2.75, 3.05) is 6.54 Å². The molecule has 2 aliphatic rings. The maximum Gasteiger partial charge on any atom is 0.228 e. The van der Waals surface area contributed by atoms with Crippen molar-refractivity contribution < 1.29 is 4.79 Å². The SMILES string of the molecule is O=C1c2[nH]ncc2C2=NCCc3c[nH]c1c32. The molecule has 0 saturated carbocycles. The van der Waals surface area contributed by atoms with Gasteiger partial charge in [0.2, 0.25) is 5.78 Å². The first-order valence-corrected chi connectivity index (χ1v) is 5.20. The predicted octanol–water partition coefficient (Wildman–Crippen LogP) is 0.676. The van der Waals surface area contributed by atoms with Gasteiger partial charge >= 0.3 is 0 Å². The number of aromatic nitrogens is 3. The van der Waals surface area contributed by atoms with E-state index in [9.17, 15) is 4.79 Å². The fourth-order valence-electron chi connectivity index (χ4n) is 2.46. The second-order valence-corrected chi connectivity index (χ2v) is 4.03. The van der Waals surface area contributed by atoms with Crippen LogP contribution in [0.1, 0.15) is 32.9 Å². The summed E-state index contributed by atoms with van der Waals surface area (Å²) >= 11 is 0. The van der Waals surface area contributed by atoms with Crippen LogP contribution in [0, 0.1) is 0 Å². The van der Waals surface area contributed by atoms with Gasteiger partial charge < -0.3 is 4.98 Å². The van der Waals surface area contributed by atoms with Crippen molar-refractivity contribution in [2.24, 2.45) is 4.99 Å². The highest BCUT2D eigenvalue weighted by Crippen LogP contribution is 2.30. The summed E-state index contributed by atoms with van der Waals surface area (Å²) in [4.78, 5) is 19.7. The van der Waals surface area contributed by atoms with Crippen LogP contribution in [0.4, 0.5) is 0 Å². The zero-order valence-electron chi connectivity index (χ0n) is 8.37. The minimum Gasteiger partial charge on any atom is -0.358 e. The highest BCUT2D eigenvalue weighted by Gasteiger charge is 2.34. The molecule has 5 heteroatoms. The summed E-state index contributed by atoms with van der Waals surface area (Å²) in [6, 6.07) is 0. The first-order chi connectivity index (χ1) is 7.86. The van der Waals surface area contributed by atoms with Crippen LogP contribution in [0.25, 0.3) is 0 Å². The number of nitrogens with zero attached hydrogens (tertiary/aromatic N) is 2. The largest absolute Gasteiger partial charge is 0.358 e. The number of aliphatic imine (C=N–C) groups is 1. The molecule has 0 atom stereocenters. The van der Waals surface area contributed by atoms with E-state index >= 15 is 0 Å². The van der Waals surface area contributed by atoms with Crippen molar-refractivity contribution in [1.29, 1.82) is 0 Å². The first kappa shape index (κ1) is 8.04. The topological polar surface area (TPSA) is 73.9 Å². The third-order valence-corrected chi connectivity index (χ3v) is 3.20. The normalized spacial score (nSPS) is 16.8. The summed E-state index contributed by atoms with van der Waals surface area (Å²) in [5.74, 6) is -0.0189. The van der Waals surface area contributed by atoms with Crippen LogP contribution in [-0.4, -0.2) is 33.2 Å². The van der Waals surface area contributed by atoms with E-state index in [0.717, 1.165) is 29.8 Å². The summed E-state index contributed by atoms with van der Waals surface area (Å²) in [6.45, 7) is 0.776. The molecular weight excluding hydrogens is 204 g/mol. The van der Waals surface area contributed by atoms with Gasteiger partial charge in [0.05, 0.1) is 17.6 Å². The van der Waals surface area contributed by atoms with Crippen LogP contribution in [0.5, 0.6) is 0 Å². The molecule has 0 spiro atoms. The van der Waals surface area contributed by atoms with Crippen LogP contribution >= 0.6 is 0 Å². The van der Waals surface area contributed by atoms with Crippen molar-refractivity contribution in [3.05, 3.63) is 40.5 Å².